The maximum absolute atomic E-state index is 13.2. The quantitative estimate of drug-likeness (QED) is 0.847. The molecule has 2 aromatic rings. The number of fused-ring (bicyclic) bond motifs is 1. The predicted octanol–water partition coefficient (Wildman–Crippen LogP) is 2.81. The third kappa shape index (κ3) is 3.23. The number of hydrogen-bond acceptors (Lipinski definition) is 3. The van der Waals surface area contributed by atoms with Crippen molar-refractivity contribution in [2.45, 2.75) is 32.1 Å². The zero-order chi connectivity index (χ0) is 17.4. The first-order valence-corrected chi connectivity index (χ1v) is 9.08. The summed E-state index contributed by atoms with van der Waals surface area (Å²) < 4.78 is 0. The lowest BCUT2D eigenvalue weighted by Crippen LogP contribution is -2.36. The Morgan fingerprint density at radius 1 is 1.04 bits per heavy atom. The van der Waals surface area contributed by atoms with Gasteiger partial charge >= 0.3 is 0 Å². The van der Waals surface area contributed by atoms with Gasteiger partial charge in [-0.15, -0.1) is 0 Å². The van der Waals surface area contributed by atoms with Crippen molar-refractivity contribution in [2.75, 3.05) is 26.2 Å². The summed E-state index contributed by atoms with van der Waals surface area (Å²) in [4.78, 5) is 33.3. The minimum Gasteiger partial charge on any atom is -0.341 e. The summed E-state index contributed by atoms with van der Waals surface area (Å²) >= 11 is 0. The first-order chi connectivity index (χ1) is 12.1. The van der Waals surface area contributed by atoms with Gasteiger partial charge in [0.2, 0.25) is 5.91 Å². The molecule has 2 aliphatic rings. The number of amides is 2. The molecule has 1 aromatic carbocycles. The molecule has 1 aliphatic carbocycles. The number of rotatable bonds is 2. The van der Waals surface area contributed by atoms with E-state index < -0.39 is 0 Å². The van der Waals surface area contributed by atoms with E-state index in [-0.39, 0.29) is 11.8 Å². The first kappa shape index (κ1) is 16.1. The van der Waals surface area contributed by atoms with E-state index in [0.717, 1.165) is 48.0 Å². The molecule has 130 valence electrons. The van der Waals surface area contributed by atoms with Crippen LogP contribution in [0.25, 0.3) is 10.9 Å². The Balaban J connectivity index is 1.66. The van der Waals surface area contributed by atoms with Gasteiger partial charge in [-0.25, -0.2) is 0 Å². The molecule has 1 aliphatic heterocycles. The van der Waals surface area contributed by atoms with E-state index in [1.165, 1.54) is 0 Å². The topological polar surface area (TPSA) is 53.5 Å². The van der Waals surface area contributed by atoms with E-state index in [1.54, 1.807) is 6.92 Å². The first-order valence-electron chi connectivity index (χ1n) is 9.08. The largest absolute Gasteiger partial charge is 0.341 e. The second-order valence-corrected chi connectivity index (χ2v) is 7.04. The van der Waals surface area contributed by atoms with Gasteiger partial charge in [0.25, 0.3) is 5.91 Å². The van der Waals surface area contributed by atoms with Crippen molar-refractivity contribution in [2.24, 2.45) is 0 Å². The number of carbonyl (C=O) groups excluding carboxylic acids is 2. The van der Waals surface area contributed by atoms with Crippen LogP contribution in [0.1, 0.15) is 48.2 Å². The molecule has 0 bridgehead atoms. The molecule has 2 fully saturated rings. The average molecular weight is 337 g/mol. The van der Waals surface area contributed by atoms with Crippen molar-refractivity contribution in [1.29, 1.82) is 0 Å². The summed E-state index contributed by atoms with van der Waals surface area (Å²) in [5.41, 5.74) is 2.70. The fourth-order valence-electron chi connectivity index (χ4n) is 3.57. The van der Waals surface area contributed by atoms with Crippen molar-refractivity contribution < 1.29 is 9.59 Å². The fraction of sp³-hybridized carbons (Fsp3) is 0.450. The summed E-state index contributed by atoms with van der Waals surface area (Å²) in [5, 5.41) is 0.921. The van der Waals surface area contributed by atoms with Gasteiger partial charge in [0.1, 0.15) is 0 Å². The Hall–Kier alpha value is -2.43. The lowest BCUT2D eigenvalue weighted by Gasteiger charge is -2.22. The van der Waals surface area contributed by atoms with Gasteiger partial charge in [0.15, 0.2) is 0 Å². The molecular formula is C20H23N3O2. The van der Waals surface area contributed by atoms with Crippen LogP contribution in [-0.2, 0) is 4.79 Å². The van der Waals surface area contributed by atoms with Crippen molar-refractivity contribution >= 4 is 22.7 Å². The molecular weight excluding hydrogens is 314 g/mol. The molecule has 0 spiro atoms. The van der Waals surface area contributed by atoms with E-state index in [0.29, 0.717) is 25.6 Å². The van der Waals surface area contributed by atoms with Crippen molar-refractivity contribution in [3.05, 3.63) is 41.6 Å². The molecule has 1 saturated heterocycles. The highest BCUT2D eigenvalue weighted by Crippen LogP contribution is 2.40. The highest BCUT2D eigenvalue weighted by atomic mass is 16.2. The highest BCUT2D eigenvalue weighted by Gasteiger charge is 2.28. The van der Waals surface area contributed by atoms with Crippen LogP contribution in [0.5, 0.6) is 0 Å². The third-order valence-electron chi connectivity index (χ3n) is 5.19. The van der Waals surface area contributed by atoms with Gasteiger partial charge in [-0.3, -0.25) is 14.6 Å². The molecule has 2 heterocycles. The number of para-hydroxylation sites is 1. The van der Waals surface area contributed by atoms with Gasteiger partial charge in [0.05, 0.1) is 11.1 Å². The van der Waals surface area contributed by atoms with Gasteiger partial charge in [-0.2, -0.15) is 0 Å². The van der Waals surface area contributed by atoms with Crippen molar-refractivity contribution in [1.82, 2.24) is 14.8 Å². The standard InChI is InChI=1S/C20H23N3O2/c1-14(24)22-9-4-10-23(12-11-22)20(25)17-13-19(15-7-8-15)21-18-6-3-2-5-16(17)18/h2-3,5-6,13,15H,4,7-12H2,1H3. The van der Waals surface area contributed by atoms with E-state index in [2.05, 4.69) is 0 Å². The van der Waals surface area contributed by atoms with E-state index in [4.69, 9.17) is 4.98 Å². The summed E-state index contributed by atoms with van der Waals surface area (Å²) in [5.74, 6) is 0.652. The molecule has 0 radical (unpaired) electrons. The van der Waals surface area contributed by atoms with Crippen LogP contribution >= 0.6 is 0 Å². The van der Waals surface area contributed by atoms with Gasteiger partial charge < -0.3 is 9.80 Å². The maximum atomic E-state index is 13.2. The SMILES string of the molecule is CC(=O)N1CCCN(C(=O)c2cc(C3CC3)nc3ccccc23)CC1. The Morgan fingerprint density at radius 2 is 1.76 bits per heavy atom. The van der Waals surface area contributed by atoms with Gasteiger partial charge in [0, 0.05) is 50.1 Å². The second-order valence-electron chi connectivity index (χ2n) is 7.04. The lowest BCUT2D eigenvalue weighted by molar-refractivity contribution is -0.128. The third-order valence-corrected chi connectivity index (χ3v) is 5.19. The number of pyridine rings is 1. The van der Waals surface area contributed by atoms with Crippen LogP contribution in [0.2, 0.25) is 0 Å². The monoisotopic (exact) mass is 337 g/mol. The number of benzene rings is 1. The van der Waals surface area contributed by atoms with Crippen LogP contribution in [-0.4, -0.2) is 52.8 Å². The Morgan fingerprint density at radius 3 is 2.52 bits per heavy atom. The number of aromatic nitrogens is 1. The molecule has 0 N–H and O–H groups in total. The summed E-state index contributed by atoms with van der Waals surface area (Å²) in [7, 11) is 0. The molecule has 4 rings (SSSR count). The van der Waals surface area contributed by atoms with E-state index in [1.807, 2.05) is 40.1 Å². The van der Waals surface area contributed by atoms with Crippen LogP contribution in [0.15, 0.2) is 30.3 Å². The van der Waals surface area contributed by atoms with Crippen LogP contribution in [0, 0.1) is 0 Å². The second kappa shape index (κ2) is 6.47. The smallest absolute Gasteiger partial charge is 0.254 e. The van der Waals surface area contributed by atoms with Crippen LogP contribution in [0.3, 0.4) is 0 Å². The molecule has 1 saturated carbocycles. The van der Waals surface area contributed by atoms with Gasteiger partial charge in [-0.05, 0) is 31.4 Å². The number of nitrogens with zero attached hydrogens (tertiary/aromatic N) is 3. The number of hydrogen-bond donors (Lipinski definition) is 0. The fourth-order valence-corrected chi connectivity index (χ4v) is 3.57. The molecule has 1 aromatic heterocycles. The zero-order valence-electron chi connectivity index (χ0n) is 14.6. The minimum atomic E-state index is 0.0610. The summed E-state index contributed by atoms with van der Waals surface area (Å²) in [6, 6.07) is 9.88. The Bertz CT molecular complexity index is 829. The molecule has 2 amide bonds. The summed E-state index contributed by atoms with van der Waals surface area (Å²) in [6.07, 6.45) is 3.15. The minimum absolute atomic E-state index is 0.0610. The highest BCUT2D eigenvalue weighted by molar-refractivity contribution is 6.06. The predicted molar refractivity (Wildman–Crippen MR) is 96.5 cm³/mol. The van der Waals surface area contributed by atoms with Gasteiger partial charge in [-0.1, -0.05) is 18.2 Å². The van der Waals surface area contributed by atoms with Crippen LogP contribution < -0.4 is 0 Å². The number of carbonyl (C=O) groups is 2. The maximum Gasteiger partial charge on any atom is 0.254 e. The van der Waals surface area contributed by atoms with Crippen molar-refractivity contribution in [3.63, 3.8) is 0 Å². The van der Waals surface area contributed by atoms with Crippen LogP contribution in [0.4, 0.5) is 0 Å². The molecule has 5 nitrogen and oxygen atoms in total. The normalized spacial score (nSPS) is 18.3. The molecule has 5 heteroatoms. The Kier molecular flexibility index (Phi) is 4.15. The summed E-state index contributed by atoms with van der Waals surface area (Å²) in [6.45, 7) is 4.21. The molecule has 0 atom stereocenters. The van der Waals surface area contributed by atoms with E-state index in [9.17, 15) is 9.59 Å². The average Bonchev–Trinajstić information content (AvgIpc) is 3.46. The molecule has 0 unspecified atom stereocenters. The Labute approximate surface area is 147 Å². The zero-order valence-corrected chi connectivity index (χ0v) is 14.6. The van der Waals surface area contributed by atoms with E-state index >= 15 is 0 Å². The molecule has 25 heavy (non-hydrogen) atoms. The van der Waals surface area contributed by atoms with Crippen molar-refractivity contribution in [3.8, 4) is 0 Å². The lowest BCUT2D eigenvalue weighted by atomic mass is 10.0.